The molecule has 1 unspecified atom stereocenters. The number of carbonyl (C=O) groups excluding carboxylic acids is 1. The number of carboxylic acids is 1. The summed E-state index contributed by atoms with van der Waals surface area (Å²) in [5, 5.41) is 8.77. The summed E-state index contributed by atoms with van der Waals surface area (Å²) in [6, 6.07) is 3.86. The highest BCUT2D eigenvalue weighted by Crippen LogP contribution is 2.16. The number of nitrogens with zero attached hydrogens (tertiary/aromatic N) is 1. The Labute approximate surface area is 113 Å². The highest BCUT2D eigenvalue weighted by Gasteiger charge is 2.19. The Hall–Kier alpha value is -1.43. The Morgan fingerprint density at radius 3 is 2.56 bits per heavy atom. The standard InChI is InChI=1S/C12H13BrFNO3/c1-7(12(17)18)6-15(2)11(16)8-3-9(13)5-10(14)4-8/h3-5,7H,6H2,1-2H3,(H,17,18). The van der Waals surface area contributed by atoms with Crippen LogP contribution in [0.4, 0.5) is 4.39 Å². The summed E-state index contributed by atoms with van der Waals surface area (Å²) in [6.45, 7) is 1.58. The molecule has 1 amide bonds. The first kappa shape index (κ1) is 14.6. The van der Waals surface area contributed by atoms with Crippen molar-refractivity contribution in [1.82, 2.24) is 4.90 Å². The van der Waals surface area contributed by atoms with Crippen molar-refractivity contribution in [2.75, 3.05) is 13.6 Å². The van der Waals surface area contributed by atoms with Crippen LogP contribution in [0.3, 0.4) is 0 Å². The molecular weight excluding hydrogens is 305 g/mol. The Morgan fingerprint density at radius 1 is 1.44 bits per heavy atom. The third-order valence-electron chi connectivity index (χ3n) is 2.43. The predicted molar refractivity (Wildman–Crippen MR) is 67.9 cm³/mol. The molecule has 1 N–H and O–H groups in total. The lowest BCUT2D eigenvalue weighted by Crippen LogP contribution is -2.33. The van der Waals surface area contributed by atoms with Gasteiger partial charge in [0.15, 0.2) is 0 Å². The molecule has 0 aliphatic rings. The smallest absolute Gasteiger partial charge is 0.308 e. The zero-order valence-corrected chi connectivity index (χ0v) is 11.6. The van der Waals surface area contributed by atoms with E-state index in [0.717, 1.165) is 6.07 Å². The van der Waals surface area contributed by atoms with Gasteiger partial charge in [0.1, 0.15) is 5.82 Å². The van der Waals surface area contributed by atoms with Gasteiger partial charge in [0.25, 0.3) is 5.91 Å². The summed E-state index contributed by atoms with van der Waals surface area (Å²) < 4.78 is 13.6. The van der Waals surface area contributed by atoms with Gasteiger partial charge in [-0.3, -0.25) is 9.59 Å². The van der Waals surface area contributed by atoms with Gasteiger partial charge in [-0.05, 0) is 18.2 Å². The molecule has 0 saturated carbocycles. The second-order valence-corrected chi connectivity index (χ2v) is 5.00. The van der Waals surface area contributed by atoms with Gasteiger partial charge in [-0.2, -0.15) is 0 Å². The van der Waals surface area contributed by atoms with Crippen molar-refractivity contribution in [3.05, 3.63) is 34.1 Å². The number of carbonyl (C=O) groups is 2. The van der Waals surface area contributed by atoms with E-state index in [-0.39, 0.29) is 12.1 Å². The zero-order valence-electron chi connectivity index (χ0n) is 9.98. The second kappa shape index (κ2) is 5.95. The van der Waals surface area contributed by atoms with Gasteiger partial charge in [-0.25, -0.2) is 4.39 Å². The molecule has 0 spiro atoms. The van der Waals surface area contributed by atoms with E-state index in [9.17, 15) is 14.0 Å². The van der Waals surface area contributed by atoms with Gasteiger partial charge in [-0.15, -0.1) is 0 Å². The van der Waals surface area contributed by atoms with Crippen LogP contribution >= 0.6 is 15.9 Å². The molecule has 1 atom stereocenters. The van der Waals surface area contributed by atoms with Crippen molar-refractivity contribution < 1.29 is 19.1 Å². The van der Waals surface area contributed by atoms with Crippen LogP contribution in [0.5, 0.6) is 0 Å². The molecule has 0 heterocycles. The average Bonchev–Trinajstić information content (AvgIpc) is 2.26. The Morgan fingerprint density at radius 2 is 2.06 bits per heavy atom. The van der Waals surface area contributed by atoms with Gasteiger partial charge in [-0.1, -0.05) is 22.9 Å². The molecule has 0 saturated heterocycles. The summed E-state index contributed by atoms with van der Waals surface area (Å²) in [5.41, 5.74) is 0.182. The van der Waals surface area contributed by atoms with Gasteiger partial charge in [0.05, 0.1) is 5.92 Å². The van der Waals surface area contributed by atoms with Crippen LogP contribution in [-0.2, 0) is 4.79 Å². The fourth-order valence-corrected chi connectivity index (χ4v) is 1.93. The van der Waals surface area contributed by atoms with Crippen LogP contribution in [0.25, 0.3) is 0 Å². The molecule has 18 heavy (non-hydrogen) atoms. The Balaban J connectivity index is 2.83. The summed E-state index contributed by atoms with van der Waals surface area (Å²) in [7, 11) is 1.49. The molecule has 0 aliphatic carbocycles. The minimum atomic E-state index is -0.977. The highest BCUT2D eigenvalue weighted by molar-refractivity contribution is 9.10. The van der Waals surface area contributed by atoms with E-state index in [4.69, 9.17) is 5.11 Å². The van der Waals surface area contributed by atoms with E-state index >= 15 is 0 Å². The first-order valence-electron chi connectivity index (χ1n) is 5.25. The number of benzene rings is 1. The zero-order chi connectivity index (χ0) is 13.9. The third kappa shape index (κ3) is 3.80. The third-order valence-corrected chi connectivity index (χ3v) is 2.88. The number of aliphatic carboxylic acids is 1. The largest absolute Gasteiger partial charge is 0.481 e. The molecular formula is C12H13BrFNO3. The lowest BCUT2D eigenvalue weighted by Gasteiger charge is -2.19. The van der Waals surface area contributed by atoms with Crippen LogP contribution in [0, 0.1) is 11.7 Å². The first-order chi connectivity index (χ1) is 8.31. The summed E-state index contributed by atoms with van der Waals surface area (Å²) in [4.78, 5) is 23.9. The van der Waals surface area contributed by atoms with Gasteiger partial charge < -0.3 is 10.0 Å². The molecule has 1 aromatic rings. The van der Waals surface area contributed by atoms with Crippen molar-refractivity contribution in [3.63, 3.8) is 0 Å². The van der Waals surface area contributed by atoms with Crippen molar-refractivity contribution in [2.45, 2.75) is 6.92 Å². The Kier molecular flexibility index (Phi) is 4.84. The molecule has 0 aliphatic heterocycles. The number of rotatable bonds is 4. The minimum Gasteiger partial charge on any atom is -0.481 e. The van der Waals surface area contributed by atoms with Gasteiger partial charge >= 0.3 is 5.97 Å². The number of hydrogen-bond acceptors (Lipinski definition) is 2. The van der Waals surface area contributed by atoms with E-state index in [0.29, 0.717) is 4.47 Å². The summed E-state index contributed by atoms with van der Waals surface area (Å²) >= 11 is 3.10. The lowest BCUT2D eigenvalue weighted by molar-refractivity contribution is -0.141. The number of hydrogen-bond donors (Lipinski definition) is 1. The van der Waals surface area contributed by atoms with Crippen molar-refractivity contribution >= 4 is 27.8 Å². The Bertz CT molecular complexity index is 458. The van der Waals surface area contributed by atoms with Gasteiger partial charge in [0, 0.05) is 23.6 Å². The normalized spacial score (nSPS) is 12.0. The molecule has 0 radical (unpaired) electrons. The van der Waals surface area contributed by atoms with Gasteiger partial charge in [0.2, 0.25) is 0 Å². The SMILES string of the molecule is CC(CN(C)C(=O)c1cc(F)cc(Br)c1)C(=O)O. The second-order valence-electron chi connectivity index (χ2n) is 4.08. The van der Waals surface area contributed by atoms with Crippen molar-refractivity contribution in [2.24, 2.45) is 5.92 Å². The van der Waals surface area contributed by atoms with E-state index < -0.39 is 23.6 Å². The van der Waals surface area contributed by atoms with Crippen LogP contribution in [-0.4, -0.2) is 35.5 Å². The maximum absolute atomic E-state index is 13.1. The number of halogens is 2. The van der Waals surface area contributed by atoms with E-state index in [1.807, 2.05) is 0 Å². The molecule has 1 aromatic carbocycles. The van der Waals surface area contributed by atoms with Crippen LogP contribution in [0.15, 0.2) is 22.7 Å². The molecule has 0 bridgehead atoms. The van der Waals surface area contributed by atoms with E-state index in [2.05, 4.69) is 15.9 Å². The first-order valence-corrected chi connectivity index (χ1v) is 6.05. The summed E-state index contributed by atoms with van der Waals surface area (Å²) in [5.74, 6) is -2.58. The number of amides is 1. The minimum absolute atomic E-state index is 0.0717. The highest BCUT2D eigenvalue weighted by atomic mass is 79.9. The molecule has 1 rings (SSSR count). The topological polar surface area (TPSA) is 57.6 Å². The van der Waals surface area contributed by atoms with Crippen molar-refractivity contribution in [1.29, 1.82) is 0 Å². The molecule has 98 valence electrons. The molecule has 6 heteroatoms. The average molecular weight is 318 g/mol. The van der Waals surface area contributed by atoms with Crippen LogP contribution in [0.1, 0.15) is 17.3 Å². The monoisotopic (exact) mass is 317 g/mol. The quantitative estimate of drug-likeness (QED) is 0.927. The van der Waals surface area contributed by atoms with Crippen LogP contribution in [0.2, 0.25) is 0 Å². The number of carboxylic acid groups (broad SMARTS) is 1. The predicted octanol–water partition coefficient (Wildman–Crippen LogP) is 2.38. The fraction of sp³-hybridized carbons (Fsp3) is 0.333. The molecule has 0 aromatic heterocycles. The summed E-state index contributed by atoms with van der Waals surface area (Å²) in [6.07, 6.45) is 0. The van der Waals surface area contributed by atoms with E-state index in [1.165, 1.54) is 31.0 Å². The maximum atomic E-state index is 13.1. The van der Waals surface area contributed by atoms with Crippen molar-refractivity contribution in [3.8, 4) is 0 Å². The lowest BCUT2D eigenvalue weighted by atomic mass is 10.1. The molecule has 0 fully saturated rings. The maximum Gasteiger partial charge on any atom is 0.308 e. The fourth-order valence-electron chi connectivity index (χ4n) is 1.47. The van der Waals surface area contributed by atoms with E-state index in [1.54, 1.807) is 0 Å². The molecule has 4 nitrogen and oxygen atoms in total. The van der Waals surface area contributed by atoms with Crippen LogP contribution < -0.4 is 0 Å².